The summed E-state index contributed by atoms with van der Waals surface area (Å²) in [4.78, 5) is 16.6. The van der Waals surface area contributed by atoms with E-state index in [0.717, 1.165) is 51.9 Å². The number of ether oxygens (including phenoxy) is 2. The van der Waals surface area contributed by atoms with Gasteiger partial charge in [-0.05, 0) is 72.7 Å². The monoisotopic (exact) mass is 669 g/mol. The van der Waals surface area contributed by atoms with Crippen molar-refractivity contribution in [3.05, 3.63) is 105 Å². The average Bonchev–Trinajstić information content (AvgIpc) is 3.93. The summed E-state index contributed by atoms with van der Waals surface area (Å²) < 4.78 is 12.4. The number of anilines is 1. The molecule has 0 unspecified atom stereocenters. The first-order chi connectivity index (χ1) is 23.3. The minimum atomic E-state index is -0.510. The Hall–Kier alpha value is -4.50. The standard InChI is InChI=1S/C37H40ClN5O5/c1-23-27(5-3-6-31(23)32-7-4-8-34(24(32)2)43-37(46)18-42-29-9-10-29)22-48-36-13-35(47-21-26-11-25(14-39)15-40-16-26)28(12-33(36)38)17-41-30(19-44)20-45/h3-8,11-13,15-16,29-30,41-42,44-45H,9-10,17-22H2,1-2H3,(H,43,46). The summed E-state index contributed by atoms with van der Waals surface area (Å²) >= 11 is 6.71. The van der Waals surface area contributed by atoms with Gasteiger partial charge in [-0.25, -0.2) is 0 Å². The molecule has 1 fully saturated rings. The molecule has 0 aliphatic heterocycles. The maximum absolute atomic E-state index is 12.5. The van der Waals surface area contributed by atoms with Crippen LogP contribution >= 0.6 is 11.6 Å². The number of nitrogens with zero attached hydrogens (tertiary/aromatic N) is 2. The van der Waals surface area contributed by atoms with E-state index in [-0.39, 0.29) is 38.9 Å². The van der Waals surface area contributed by atoms with E-state index < -0.39 is 6.04 Å². The number of nitriles is 1. The third-order valence-electron chi connectivity index (χ3n) is 8.31. The summed E-state index contributed by atoms with van der Waals surface area (Å²) in [6.07, 6.45) is 5.37. The molecule has 0 spiro atoms. The molecule has 1 aliphatic carbocycles. The second kappa shape index (κ2) is 16.6. The normalized spacial score (nSPS) is 12.5. The number of rotatable bonds is 16. The van der Waals surface area contributed by atoms with Crippen LogP contribution in [-0.2, 0) is 24.6 Å². The van der Waals surface area contributed by atoms with Gasteiger partial charge in [0.25, 0.3) is 0 Å². The smallest absolute Gasteiger partial charge is 0.238 e. The van der Waals surface area contributed by atoms with Gasteiger partial charge < -0.3 is 35.6 Å². The number of aliphatic hydroxyl groups is 2. The maximum atomic E-state index is 12.5. The third-order valence-corrected chi connectivity index (χ3v) is 8.61. The van der Waals surface area contributed by atoms with E-state index in [9.17, 15) is 20.3 Å². The molecule has 10 nitrogen and oxygen atoms in total. The molecule has 5 N–H and O–H groups in total. The topological polar surface area (TPSA) is 149 Å². The van der Waals surface area contributed by atoms with Gasteiger partial charge in [0.2, 0.25) is 5.91 Å². The largest absolute Gasteiger partial charge is 0.488 e. The van der Waals surface area contributed by atoms with Gasteiger partial charge in [0.1, 0.15) is 30.8 Å². The summed E-state index contributed by atoms with van der Waals surface area (Å²) in [6, 6.07) is 19.2. The van der Waals surface area contributed by atoms with Crippen molar-refractivity contribution in [2.45, 2.75) is 58.5 Å². The van der Waals surface area contributed by atoms with Crippen LogP contribution in [0.2, 0.25) is 5.02 Å². The molecular weight excluding hydrogens is 630 g/mol. The highest BCUT2D eigenvalue weighted by molar-refractivity contribution is 6.32. The zero-order valence-electron chi connectivity index (χ0n) is 27.1. The number of carbonyl (C=O) groups is 1. The summed E-state index contributed by atoms with van der Waals surface area (Å²) in [7, 11) is 0. The Morgan fingerprint density at radius 1 is 0.979 bits per heavy atom. The number of benzene rings is 3. The van der Waals surface area contributed by atoms with E-state index in [4.69, 9.17) is 21.1 Å². The Labute approximate surface area is 285 Å². The summed E-state index contributed by atoms with van der Waals surface area (Å²) in [5.74, 6) is 0.855. The number of nitrogens with one attached hydrogen (secondary N) is 3. The van der Waals surface area contributed by atoms with E-state index in [0.29, 0.717) is 40.2 Å². The SMILES string of the molecule is Cc1c(COc2cc(OCc3cncc(C#N)c3)c(CNC(CO)CO)cc2Cl)cccc1-c1cccc(NC(=O)CNC2CC2)c1C. The van der Waals surface area contributed by atoms with Crippen LogP contribution in [0.1, 0.15) is 46.2 Å². The molecule has 3 aromatic carbocycles. The van der Waals surface area contributed by atoms with Crippen LogP contribution in [0.4, 0.5) is 5.69 Å². The van der Waals surface area contributed by atoms with Crippen LogP contribution in [0.5, 0.6) is 11.5 Å². The molecular formula is C37H40ClN5O5. The molecule has 0 bridgehead atoms. The fourth-order valence-electron chi connectivity index (χ4n) is 5.26. The van der Waals surface area contributed by atoms with Gasteiger partial charge in [-0.1, -0.05) is 41.9 Å². The van der Waals surface area contributed by atoms with Crippen LogP contribution in [0.3, 0.4) is 0 Å². The minimum absolute atomic E-state index is 0.0583. The zero-order valence-corrected chi connectivity index (χ0v) is 27.8. The van der Waals surface area contributed by atoms with Gasteiger partial charge in [-0.15, -0.1) is 0 Å². The van der Waals surface area contributed by atoms with Crippen LogP contribution in [0.25, 0.3) is 11.1 Å². The Kier molecular flexibility index (Phi) is 12.0. The van der Waals surface area contributed by atoms with Crippen molar-refractivity contribution in [2.24, 2.45) is 0 Å². The molecule has 4 aromatic rings. The first kappa shape index (κ1) is 34.8. The number of pyridine rings is 1. The fraction of sp³-hybridized carbons (Fsp3) is 0.324. The lowest BCUT2D eigenvalue weighted by Gasteiger charge is -2.19. The van der Waals surface area contributed by atoms with Gasteiger partial charge >= 0.3 is 0 Å². The second-order valence-corrected chi connectivity index (χ2v) is 12.3. The quantitative estimate of drug-likeness (QED) is 0.109. The first-order valence-electron chi connectivity index (χ1n) is 15.9. The van der Waals surface area contributed by atoms with Crippen molar-refractivity contribution < 1.29 is 24.5 Å². The third kappa shape index (κ3) is 9.10. The summed E-state index contributed by atoms with van der Waals surface area (Å²) in [5, 5.41) is 38.1. The minimum Gasteiger partial charge on any atom is -0.488 e. The number of hydrogen-bond acceptors (Lipinski definition) is 9. The van der Waals surface area contributed by atoms with Crippen molar-refractivity contribution in [1.29, 1.82) is 5.26 Å². The number of aromatic nitrogens is 1. The Balaban J connectivity index is 1.34. The maximum Gasteiger partial charge on any atom is 0.238 e. The van der Waals surface area contributed by atoms with E-state index >= 15 is 0 Å². The average molecular weight is 670 g/mol. The lowest BCUT2D eigenvalue weighted by Crippen LogP contribution is -2.35. The Bertz CT molecular complexity index is 1780. The molecule has 1 heterocycles. The predicted molar refractivity (Wildman–Crippen MR) is 185 cm³/mol. The van der Waals surface area contributed by atoms with Gasteiger partial charge in [0.15, 0.2) is 0 Å². The van der Waals surface area contributed by atoms with Crippen LogP contribution in [0.15, 0.2) is 67.0 Å². The molecule has 11 heteroatoms. The van der Waals surface area contributed by atoms with E-state index in [2.05, 4.69) is 33.1 Å². The molecule has 1 aliphatic rings. The van der Waals surface area contributed by atoms with Crippen LogP contribution in [-0.4, -0.2) is 52.9 Å². The predicted octanol–water partition coefficient (Wildman–Crippen LogP) is 5.18. The Morgan fingerprint density at radius 3 is 2.44 bits per heavy atom. The number of aliphatic hydroxyl groups excluding tert-OH is 2. The van der Waals surface area contributed by atoms with Gasteiger partial charge in [0.05, 0.1) is 36.4 Å². The molecule has 0 saturated heterocycles. The zero-order chi connectivity index (χ0) is 34.0. The van der Waals surface area contributed by atoms with Crippen LogP contribution in [0, 0.1) is 25.2 Å². The number of carbonyl (C=O) groups excluding carboxylic acids is 1. The molecule has 250 valence electrons. The van der Waals surface area contributed by atoms with Gasteiger partial charge in [-0.2, -0.15) is 5.26 Å². The van der Waals surface area contributed by atoms with Gasteiger partial charge in [-0.3, -0.25) is 9.78 Å². The molecule has 1 aromatic heterocycles. The first-order valence-corrected chi connectivity index (χ1v) is 16.3. The molecule has 5 rings (SSSR count). The lowest BCUT2D eigenvalue weighted by atomic mass is 9.93. The van der Waals surface area contributed by atoms with Crippen molar-refractivity contribution in [3.8, 4) is 28.7 Å². The highest BCUT2D eigenvalue weighted by atomic mass is 35.5. The fourth-order valence-corrected chi connectivity index (χ4v) is 5.50. The van der Waals surface area contributed by atoms with E-state index in [1.165, 1.54) is 6.20 Å². The molecule has 0 atom stereocenters. The highest BCUT2D eigenvalue weighted by Gasteiger charge is 2.21. The van der Waals surface area contributed by atoms with E-state index in [1.54, 1.807) is 24.4 Å². The Morgan fingerprint density at radius 2 is 1.71 bits per heavy atom. The van der Waals surface area contributed by atoms with Crippen molar-refractivity contribution in [1.82, 2.24) is 15.6 Å². The van der Waals surface area contributed by atoms with Gasteiger partial charge in [0, 0.05) is 47.9 Å². The number of hydrogen-bond donors (Lipinski definition) is 5. The van der Waals surface area contributed by atoms with E-state index in [1.807, 2.05) is 44.2 Å². The summed E-state index contributed by atoms with van der Waals surface area (Å²) in [6.45, 7) is 4.55. The van der Waals surface area contributed by atoms with Crippen molar-refractivity contribution >= 4 is 23.2 Å². The highest BCUT2D eigenvalue weighted by Crippen LogP contribution is 2.36. The van der Waals surface area contributed by atoms with Crippen molar-refractivity contribution in [2.75, 3.05) is 25.1 Å². The molecule has 0 radical (unpaired) electrons. The number of amides is 1. The second-order valence-electron chi connectivity index (χ2n) is 11.9. The lowest BCUT2D eigenvalue weighted by molar-refractivity contribution is -0.115. The molecule has 1 amide bonds. The van der Waals surface area contributed by atoms with Crippen molar-refractivity contribution in [3.63, 3.8) is 0 Å². The molecule has 1 saturated carbocycles. The number of halogens is 1. The van der Waals surface area contributed by atoms with Crippen LogP contribution < -0.4 is 25.4 Å². The summed E-state index contributed by atoms with van der Waals surface area (Å²) in [5.41, 5.74) is 7.67. The molecule has 48 heavy (non-hydrogen) atoms.